The van der Waals surface area contributed by atoms with Gasteiger partial charge >= 0.3 is 0 Å². The molecule has 1 aliphatic carbocycles. The summed E-state index contributed by atoms with van der Waals surface area (Å²) in [6, 6.07) is 0.394. The molecule has 0 spiro atoms. The first-order chi connectivity index (χ1) is 6.62. The predicted molar refractivity (Wildman–Crippen MR) is 61.0 cm³/mol. The summed E-state index contributed by atoms with van der Waals surface area (Å²) < 4.78 is 0. The Kier molecular flexibility index (Phi) is 2.82. The number of thiazole rings is 1. The Hall–Kier alpha value is -0.120. The van der Waals surface area contributed by atoms with Crippen molar-refractivity contribution in [2.24, 2.45) is 0 Å². The normalized spacial score (nSPS) is 20.8. The fourth-order valence-electron chi connectivity index (χ4n) is 1.48. The quantitative estimate of drug-likeness (QED) is 0.805. The topological polar surface area (TPSA) is 24.9 Å². The number of aromatic nitrogens is 1. The van der Waals surface area contributed by atoms with E-state index in [-0.39, 0.29) is 4.87 Å². The molecule has 0 radical (unpaired) electrons. The van der Waals surface area contributed by atoms with Gasteiger partial charge in [0.2, 0.25) is 0 Å². The van der Waals surface area contributed by atoms with Crippen LogP contribution in [0.25, 0.3) is 0 Å². The molecule has 0 aliphatic heterocycles. The number of aryl methyl sites for hydroxylation is 1. The van der Waals surface area contributed by atoms with E-state index in [1.807, 2.05) is 12.4 Å². The molecule has 1 atom stereocenters. The summed E-state index contributed by atoms with van der Waals surface area (Å²) in [5, 5.41) is 3.47. The van der Waals surface area contributed by atoms with E-state index in [0.717, 1.165) is 25.1 Å². The lowest BCUT2D eigenvalue weighted by atomic mass is 10.2. The van der Waals surface area contributed by atoms with Crippen LogP contribution in [0, 0.1) is 6.92 Å². The molecule has 1 aliphatic rings. The third-order valence-corrected chi connectivity index (χ3v) is 4.56. The van der Waals surface area contributed by atoms with Gasteiger partial charge in [-0.3, -0.25) is 0 Å². The molecule has 0 aromatic carbocycles. The van der Waals surface area contributed by atoms with Crippen LogP contribution in [0.2, 0.25) is 0 Å². The van der Waals surface area contributed by atoms with Crippen LogP contribution in [0.4, 0.5) is 0 Å². The van der Waals surface area contributed by atoms with Crippen LogP contribution in [-0.4, -0.2) is 15.9 Å². The molecular formula is C10H15ClN2S. The highest BCUT2D eigenvalue weighted by molar-refractivity contribution is 7.09. The van der Waals surface area contributed by atoms with E-state index in [1.165, 1.54) is 4.88 Å². The SMILES string of the molecule is Cc1ncsc1CNC(C)C1(Cl)CC1. The Balaban J connectivity index is 1.85. The third-order valence-electron chi connectivity index (χ3n) is 2.92. The van der Waals surface area contributed by atoms with Crippen molar-refractivity contribution in [3.63, 3.8) is 0 Å². The van der Waals surface area contributed by atoms with E-state index >= 15 is 0 Å². The van der Waals surface area contributed by atoms with E-state index in [2.05, 4.69) is 17.2 Å². The number of hydrogen-bond donors (Lipinski definition) is 1. The van der Waals surface area contributed by atoms with Crippen LogP contribution in [0.5, 0.6) is 0 Å². The predicted octanol–water partition coefficient (Wildman–Crippen LogP) is 2.70. The van der Waals surface area contributed by atoms with Gasteiger partial charge in [0, 0.05) is 17.5 Å². The summed E-state index contributed by atoms with van der Waals surface area (Å²) in [7, 11) is 0. The Morgan fingerprint density at radius 1 is 1.71 bits per heavy atom. The molecule has 1 aromatic heterocycles. The molecule has 1 unspecified atom stereocenters. The molecule has 4 heteroatoms. The lowest BCUT2D eigenvalue weighted by molar-refractivity contribution is 0.517. The van der Waals surface area contributed by atoms with E-state index in [9.17, 15) is 0 Å². The fourth-order valence-corrected chi connectivity index (χ4v) is 2.38. The van der Waals surface area contributed by atoms with Crippen molar-refractivity contribution in [3.8, 4) is 0 Å². The first kappa shape index (κ1) is 10.4. The standard InChI is InChI=1S/C10H15ClN2S/c1-7-9(14-6-13-7)5-12-8(2)10(11)3-4-10/h6,8,12H,3-5H2,1-2H3. The van der Waals surface area contributed by atoms with Crippen LogP contribution >= 0.6 is 22.9 Å². The van der Waals surface area contributed by atoms with Crippen molar-refractivity contribution in [2.75, 3.05) is 0 Å². The lowest BCUT2D eigenvalue weighted by Gasteiger charge is -2.17. The zero-order chi connectivity index (χ0) is 10.2. The van der Waals surface area contributed by atoms with Crippen molar-refractivity contribution in [1.82, 2.24) is 10.3 Å². The number of halogens is 1. The molecule has 0 saturated heterocycles. The van der Waals surface area contributed by atoms with Gasteiger partial charge in [0.15, 0.2) is 0 Å². The Morgan fingerprint density at radius 3 is 2.93 bits per heavy atom. The van der Waals surface area contributed by atoms with Gasteiger partial charge in [-0.25, -0.2) is 4.98 Å². The van der Waals surface area contributed by atoms with Crippen LogP contribution in [0.3, 0.4) is 0 Å². The highest BCUT2D eigenvalue weighted by Gasteiger charge is 2.45. The molecule has 1 aromatic rings. The molecule has 78 valence electrons. The van der Waals surface area contributed by atoms with Crippen LogP contribution in [-0.2, 0) is 6.54 Å². The molecule has 2 rings (SSSR count). The van der Waals surface area contributed by atoms with Crippen LogP contribution in [0.1, 0.15) is 30.3 Å². The number of nitrogens with one attached hydrogen (secondary N) is 1. The number of nitrogens with zero attached hydrogens (tertiary/aromatic N) is 1. The van der Waals surface area contributed by atoms with Gasteiger partial charge < -0.3 is 5.32 Å². The minimum atomic E-state index is 0.0403. The highest BCUT2D eigenvalue weighted by Crippen LogP contribution is 2.45. The van der Waals surface area contributed by atoms with Crippen molar-refractivity contribution in [1.29, 1.82) is 0 Å². The van der Waals surface area contributed by atoms with Crippen LogP contribution < -0.4 is 5.32 Å². The summed E-state index contributed by atoms with van der Waals surface area (Å²) in [5.74, 6) is 0. The van der Waals surface area contributed by atoms with E-state index in [0.29, 0.717) is 6.04 Å². The van der Waals surface area contributed by atoms with E-state index in [4.69, 9.17) is 11.6 Å². The smallest absolute Gasteiger partial charge is 0.0798 e. The van der Waals surface area contributed by atoms with Crippen LogP contribution in [0.15, 0.2) is 5.51 Å². The van der Waals surface area contributed by atoms with Gasteiger partial charge in [-0.05, 0) is 26.7 Å². The number of alkyl halides is 1. The second-order valence-electron chi connectivity index (χ2n) is 4.00. The molecule has 0 bridgehead atoms. The maximum Gasteiger partial charge on any atom is 0.0798 e. The minimum absolute atomic E-state index is 0.0403. The largest absolute Gasteiger partial charge is 0.308 e. The lowest BCUT2D eigenvalue weighted by Crippen LogP contribution is -2.35. The van der Waals surface area contributed by atoms with Crippen molar-refractivity contribution < 1.29 is 0 Å². The van der Waals surface area contributed by atoms with Gasteiger partial charge in [0.25, 0.3) is 0 Å². The Labute approximate surface area is 93.7 Å². The first-order valence-corrected chi connectivity index (χ1v) is 6.19. The maximum absolute atomic E-state index is 6.30. The summed E-state index contributed by atoms with van der Waals surface area (Å²) in [4.78, 5) is 5.58. The molecule has 1 heterocycles. The van der Waals surface area contributed by atoms with Gasteiger partial charge in [0.05, 0.1) is 16.1 Å². The fraction of sp³-hybridized carbons (Fsp3) is 0.700. The molecule has 1 fully saturated rings. The number of hydrogen-bond acceptors (Lipinski definition) is 3. The first-order valence-electron chi connectivity index (χ1n) is 4.93. The van der Waals surface area contributed by atoms with Gasteiger partial charge in [-0.15, -0.1) is 22.9 Å². The van der Waals surface area contributed by atoms with Gasteiger partial charge in [-0.2, -0.15) is 0 Å². The summed E-state index contributed by atoms with van der Waals surface area (Å²) >= 11 is 8.01. The second-order valence-corrected chi connectivity index (χ2v) is 5.69. The summed E-state index contributed by atoms with van der Waals surface area (Å²) in [6.07, 6.45) is 2.29. The van der Waals surface area contributed by atoms with Crippen molar-refractivity contribution in [2.45, 2.75) is 44.1 Å². The summed E-state index contributed by atoms with van der Waals surface area (Å²) in [5.41, 5.74) is 3.03. The van der Waals surface area contributed by atoms with Gasteiger partial charge in [-0.1, -0.05) is 0 Å². The highest BCUT2D eigenvalue weighted by atomic mass is 35.5. The molecule has 1 N–H and O–H groups in total. The molecule has 1 saturated carbocycles. The van der Waals surface area contributed by atoms with Crippen molar-refractivity contribution >= 4 is 22.9 Å². The zero-order valence-corrected chi connectivity index (χ0v) is 10.1. The molecule has 0 amide bonds. The van der Waals surface area contributed by atoms with Crippen molar-refractivity contribution in [3.05, 3.63) is 16.1 Å². The third kappa shape index (κ3) is 2.10. The Morgan fingerprint density at radius 2 is 2.43 bits per heavy atom. The Bertz CT molecular complexity index is 320. The number of rotatable bonds is 4. The average Bonchev–Trinajstić information content (AvgIpc) is 2.77. The molecule has 2 nitrogen and oxygen atoms in total. The average molecular weight is 231 g/mol. The molecular weight excluding hydrogens is 216 g/mol. The monoisotopic (exact) mass is 230 g/mol. The van der Waals surface area contributed by atoms with E-state index < -0.39 is 0 Å². The van der Waals surface area contributed by atoms with Gasteiger partial charge in [0.1, 0.15) is 0 Å². The molecule has 14 heavy (non-hydrogen) atoms. The zero-order valence-electron chi connectivity index (χ0n) is 8.51. The minimum Gasteiger partial charge on any atom is -0.308 e. The second kappa shape index (κ2) is 3.80. The van der Waals surface area contributed by atoms with E-state index in [1.54, 1.807) is 11.3 Å². The summed E-state index contributed by atoms with van der Waals surface area (Å²) in [6.45, 7) is 5.11. The maximum atomic E-state index is 6.30.